The van der Waals surface area contributed by atoms with Gasteiger partial charge in [0.25, 0.3) is 5.56 Å². The summed E-state index contributed by atoms with van der Waals surface area (Å²) in [6.07, 6.45) is 4.51. The van der Waals surface area contributed by atoms with E-state index in [-0.39, 0.29) is 5.56 Å². The van der Waals surface area contributed by atoms with Crippen LogP contribution in [0, 0.1) is 13.8 Å². The second-order valence-electron chi connectivity index (χ2n) is 8.77. The summed E-state index contributed by atoms with van der Waals surface area (Å²) in [7, 11) is 3.64. The molecule has 7 nitrogen and oxygen atoms in total. The number of nitrogens with zero attached hydrogens (tertiary/aromatic N) is 4. The molecule has 0 amide bonds. The van der Waals surface area contributed by atoms with Gasteiger partial charge in [0.1, 0.15) is 10.6 Å². The highest BCUT2D eigenvalue weighted by atomic mass is 32.1. The Kier molecular flexibility index (Phi) is 5.80. The molecule has 0 radical (unpaired) electrons. The van der Waals surface area contributed by atoms with Crippen LogP contribution in [0.4, 0.5) is 0 Å². The van der Waals surface area contributed by atoms with Crippen molar-refractivity contribution in [2.45, 2.75) is 52.2 Å². The fourth-order valence-corrected chi connectivity index (χ4v) is 6.08. The second kappa shape index (κ2) is 8.76. The first-order chi connectivity index (χ1) is 16.0. The summed E-state index contributed by atoms with van der Waals surface area (Å²) in [6.45, 7) is 5.45. The van der Waals surface area contributed by atoms with Gasteiger partial charge in [0.15, 0.2) is 0 Å². The predicted octanol–water partition coefficient (Wildman–Crippen LogP) is 3.51. The van der Waals surface area contributed by atoms with Crippen molar-refractivity contribution in [2.24, 2.45) is 7.05 Å². The van der Waals surface area contributed by atoms with Crippen LogP contribution in [-0.2, 0) is 33.0 Å². The molecule has 8 heteroatoms. The molecule has 1 aromatic carbocycles. The highest BCUT2D eigenvalue weighted by molar-refractivity contribution is 7.18. The van der Waals surface area contributed by atoms with Gasteiger partial charge in [0.2, 0.25) is 0 Å². The third-order valence-electron chi connectivity index (χ3n) is 6.80. The zero-order valence-corrected chi connectivity index (χ0v) is 20.3. The monoisotopic (exact) mass is 463 g/mol. The number of fused-ring (bicyclic) bond motifs is 3. The number of para-hydroxylation sites is 1. The van der Waals surface area contributed by atoms with E-state index in [1.165, 1.54) is 21.7 Å². The van der Waals surface area contributed by atoms with Crippen LogP contribution in [0.15, 0.2) is 35.4 Å². The number of nitrogens with one attached hydrogen (secondary N) is 1. The molecule has 0 bridgehead atoms. The van der Waals surface area contributed by atoms with Crippen LogP contribution in [-0.4, -0.2) is 32.5 Å². The van der Waals surface area contributed by atoms with E-state index in [1.807, 2.05) is 36.0 Å². The van der Waals surface area contributed by atoms with E-state index < -0.39 is 0 Å². The summed E-state index contributed by atoms with van der Waals surface area (Å²) in [4.78, 5) is 20.2. The molecule has 3 aromatic heterocycles. The van der Waals surface area contributed by atoms with Gasteiger partial charge >= 0.3 is 0 Å². The van der Waals surface area contributed by atoms with Gasteiger partial charge in [-0.25, -0.2) is 4.98 Å². The molecule has 0 aliphatic heterocycles. The number of rotatable bonds is 6. The minimum Gasteiger partial charge on any atom is -0.496 e. The predicted molar refractivity (Wildman–Crippen MR) is 131 cm³/mol. The molecule has 0 spiro atoms. The van der Waals surface area contributed by atoms with Crippen molar-refractivity contribution in [2.75, 3.05) is 7.11 Å². The minimum absolute atomic E-state index is 0.0384. The Balaban J connectivity index is 1.38. The summed E-state index contributed by atoms with van der Waals surface area (Å²) < 4.78 is 9.10. The number of hydrogen-bond donors (Lipinski definition) is 1. The Morgan fingerprint density at radius 2 is 2.09 bits per heavy atom. The lowest BCUT2D eigenvalue weighted by molar-refractivity contribution is 0.408. The van der Waals surface area contributed by atoms with Crippen LogP contribution in [0.5, 0.6) is 5.75 Å². The number of benzene rings is 1. The third-order valence-corrected chi connectivity index (χ3v) is 7.96. The summed E-state index contributed by atoms with van der Waals surface area (Å²) in [5.41, 5.74) is 5.77. The van der Waals surface area contributed by atoms with E-state index in [1.54, 1.807) is 29.3 Å². The van der Waals surface area contributed by atoms with Gasteiger partial charge in [-0.3, -0.25) is 14.0 Å². The molecule has 0 fully saturated rings. The maximum atomic E-state index is 13.4. The molecule has 0 saturated heterocycles. The number of methoxy groups -OCH3 is 1. The summed E-state index contributed by atoms with van der Waals surface area (Å²) in [5.74, 6) is 0.782. The number of thiophene rings is 1. The molecule has 1 aliphatic carbocycles. The second-order valence-corrected chi connectivity index (χ2v) is 9.85. The Labute approximate surface area is 197 Å². The van der Waals surface area contributed by atoms with Gasteiger partial charge < -0.3 is 10.1 Å². The lowest BCUT2D eigenvalue weighted by atomic mass is 9.93. The van der Waals surface area contributed by atoms with Crippen LogP contribution in [0.1, 0.15) is 39.4 Å². The SMILES string of the molecule is COc1ccccc1Cn1cnc2sc3c(c2c1=O)CCC(NCc1c(C)nn(C)c1C)C3. The molecule has 33 heavy (non-hydrogen) atoms. The van der Waals surface area contributed by atoms with Crippen molar-refractivity contribution in [3.8, 4) is 5.75 Å². The molecule has 1 aliphatic rings. The van der Waals surface area contributed by atoms with Crippen molar-refractivity contribution >= 4 is 21.6 Å². The Morgan fingerprint density at radius 1 is 1.27 bits per heavy atom. The van der Waals surface area contributed by atoms with Crippen molar-refractivity contribution < 1.29 is 4.74 Å². The molecule has 1 unspecified atom stereocenters. The Morgan fingerprint density at radius 3 is 2.85 bits per heavy atom. The molecule has 1 atom stereocenters. The third kappa shape index (κ3) is 3.98. The van der Waals surface area contributed by atoms with Gasteiger partial charge in [-0.1, -0.05) is 18.2 Å². The summed E-state index contributed by atoms with van der Waals surface area (Å²) in [6, 6.07) is 8.19. The van der Waals surface area contributed by atoms with Gasteiger partial charge in [-0.05, 0) is 44.7 Å². The van der Waals surface area contributed by atoms with Crippen molar-refractivity contribution in [3.63, 3.8) is 0 Å². The lowest BCUT2D eigenvalue weighted by Crippen LogP contribution is -2.34. The smallest absolute Gasteiger partial charge is 0.262 e. The molecule has 172 valence electrons. The van der Waals surface area contributed by atoms with E-state index in [0.29, 0.717) is 12.6 Å². The number of aromatic nitrogens is 4. The fourth-order valence-electron chi connectivity index (χ4n) is 4.82. The lowest BCUT2D eigenvalue weighted by Gasteiger charge is -2.23. The topological polar surface area (TPSA) is 74.0 Å². The molecule has 0 saturated carbocycles. The summed E-state index contributed by atoms with van der Waals surface area (Å²) in [5, 5.41) is 9.04. The van der Waals surface area contributed by atoms with Crippen molar-refractivity contribution in [1.82, 2.24) is 24.6 Å². The van der Waals surface area contributed by atoms with Gasteiger partial charge in [-0.15, -0.1) is 11.3 Å². The van der Waals surface area contributed by atoms with E-state index in [9.17, 15) is 4.79 Å². The first-order valence-electron chi connectivity index (χ1n) is 11.3. The van der Waals surface area contributed by atoms with Gasteiger partial charge in [0.05, 0.1) is 31.1 Å². The van der Waals surface area contributed by atoms with Crippen LogP contribution in [0.3, 0.4) is 0 Å². The minimum atomic E-state index is 0.0384. The number of aryl methyl sites for hydroxylation is 3. The van der Waals surface area contributed by atoms with E-state index >= 15 is 0 Å². The molecule has 3 heterocycles. The number of ether oxygens (including phenoxy) is 1. The van der Waals surface area contributed by atoms with E-state index in [4.69, 9.17) is 4.74 Å². The average Bonchev–Trinajstić information content (AvgIpc) is 3.30. The first kappa shape index (κ1) is 21.9. The molecule has 1 N–H and O–H groups in total. The summed E-state index contributed by atoms with van der Waals surface area (Å²) >= 11 is 1.67. The standard InChI is InChI=1S/C25H29N5O2S/c1-15-20(16(2)29(3)28-15)12-26-18-9-10-19-22(11-18)33-24-23(19)25(31)30(14-27-24)13-17-7-5-6-8-21(17)32-4/h5-8,14,18,26H,9-13H2,1-4H3. The normalized spacial score (nSPS) is 15.7. The molecular weight excluding hydrogens is 434 g/mol. The van der Waals surface area contributed by atoms with Crippen LogP contribution < -0.4 is 15.6 Å². The highest BCUT2D eigenvalue weighted by Gasteiger charge is 2.25. The zero-order chi connectivity index (χ0) is 23.1. The quantitative estimate of drug-likeness (QED) is 0.474. The highest BCUT2D eigenvalue weighted by Crippen LogP contribution is 2.34. The van der Waals surface area contributed by atoms with Gasteiger partial charge in [-0.2, -0.15) is 5.10 Å². The maximum absolute atomic E-state index is 13.4. The molecular formula is C25H29N5O2S. The average molecular weight is 464 g/mol. The van der Waals surface area contributed by atoms with E-state index in [2.05, 4.69) is 29.2 Å². The van der Waals surface area contributed by atoms with Gasteiger partial charge in [0, 0.05) is 41.3 Å². The van der Waals surface area contributed by atoms with Crippen molar-refractivity contribution in [3.05, 3.63) is 73.9 Å². The largest absolute Gasteiger partial charge is 0.496 e. The number of hydrogen-bond acceptors (Lipinski definition) is 6. The van der Waals surface area contributed by atoms with Crippen LogP contribution in [0.2, 0.25) is 0 Å². The Hall–Kier alpha value is -2.97. The first-order valence-corrected chi connectivity index (χ1v) is 12.1. The molecule has 5 rings (SSSR count). The zero-order valence-electron chi connectivity index (χ0n) is 19.5. The molecule has 4 aromatic rings. The fraction of sp³-hybridized carbons (Fsp3) is 0.400. The van der Waals surface area contributed by atoms with Crippen LogP contribution in [0.25, 0.3) is 10.2 Å². The van der Waals surface area contributed by atoms with E-state index in [0.717, 1.165) is 53.0 Å². The van der Waals surface area contributed by atoms with Crippen molar-refractivity contribution in [1.29, 1.82) is 0 Å². The van der Waals surface area contributed by atoms with Crippen LogP contribution >= 0.6 is 11.3 Å². The maximum Gasteiger partial charge on any atom is 0.262 e. The Bertz CT molecular complexity index is 1380.